The first-order valence-electron chi connectivity index (χ1n) is 5.69. The lowest BCUT2D eigenvalue weighted by Crippen LogP contribution is -2.47. The van der Waals surface area contributed by atoms with E-state index in [1.54, 1.807) is 0 Å². The quantitative estimate of drug-likeness (QED) is 0.643. The third kappa shape index (κ3) is 3.80. The Morgan fingerprint density at radius 1 is 1.47 bits per heavy atom. The van der Waals surface area contributed by atoms with Crippen LogP contribution in [-0.4, -0.2) is 50.3 Å². The largest absolute Gasteiger partial charge is 0.468 e. The molecule has 1 heterocycles. The summed E-state index contributed by atoms with van der Waals surface area (Å²) in [5.74, 6) is -0.106. The molecule has 0 aromatic heterocycles. The van der Waals surface area contributed by atoms with Crippen molar-refractivity contribution in [2.45, 2.75) is 32.2 Å². The summed E-state index contributed by atoms with van der Waals surface area (Å²) in [4.78, 5) is 13.8. The van der Waals surface area contributed by atoms with Gasteiger partial charge in [-0.15, -0.1) is 0 Å². The number of unbranched alkanes of at least 4 members (excludes halogenated alkanes) is 1. The molecule has 0 amide bonds. The third-order valence-electron chi connectivity index (χ3n) is 2.79. The summed E-state index contributed by atoms with van der Waals surface area (Å²) in [5, 5.41) is 0. The molecule has 1 unspecified atom stereocenters. The summed E-state index contributed by atoms with van der Waals surface area (Å²) >= 11 is 0. The number of rotatable bonds is 5. The summed E-state index contributed by atoms with van der Waals surface area (Å²) in [6, 6.07) is -0.0705. The zero-order valence-corrected chi connectivity index (χ0v) is 9.70. The topological polar surface area (TPSA) is 38.8 Å². The van der Waals surface area contributed by atoms with Gasteiger partial charge in [0.2, 0.25) is 0 Å². The molecular weight excluding hydrogens is 194 g/mol. The molecule has 0 aliphatic carbocycles. The van der Waals surface area contributed by atoms with E-state index in [4.69, 9.17) is 9.47 Å². The Morgan fingerprint density at radius 3 is 2.67 bits per heavy atom. The van der Waals surface area contributed by atoms with Gasteiger partial charge >= 0.3 is 5.97 Å². The molecule has 0 aromatic rings. The third-order valence-corrected chi connectivity index (χ3v) is 2.79. The number of hydrogen-bond donors (Lipinski definition) is 0. The highest BCUT2D eigenvalue weighted by Gasteiger charge is 2.27. The second-order valence-electron chi connectivity index (χ2n) is 3.83. The van der Waals surface area contributed by atoms with Crippen LogP contribution in [0.4, 0.5) is 0 Å². The molecule has 1 aliphatic rings. The minimum absolute atomic E-state index is 0.0705. The van der Waals surface area contributed by atoms with E-state index in [-0.39, 0.29) is 12.0 Å². The number of nitrogens with zero attached hydrogens (tertiary/aromatic N) is 1. The molecule has 0 radical (unpaired) electrons. The molecule has 1 saturated heterocycles. The first-order chi connectivity index (χ1) is 7.29. The van der Waals surface area contributed by atoms with Crippen LogP contribution in [-0.2, 0) is 14.3 Å². The normalized spacial score (nSPS) is 19.9. The molecule has 4 nitrogen and oxygen atoms in total. The van der Waals surface area contributed by atoms with E-state index in [0.717, 1.165) is 45.6 Å². The van der Waals surface area contributed by atoms with Crippen molar-refractivity contribution in [3.8, 4) is 0 Å². The summed E-state index contributed by atoms with van der Waals surface area (Å²) in [7, 11) is 1.46. The van der Waals surface area contributed by atoms with Crippen molar-refractivity contribution in [3.63, 3.8) is 0 Å². The van der Waals surface area contributed by atoms with Gasteiger partial charge in [0.1, 0.15) is 6.04 Å². The Bertz CT molecular complexity index is 190. The maximum absolute atomic E-state index is 11.6. The predicted molar refractivity (Wildman–Crippen MR) is 57.7 cm³/mol. The molecule has 0 N–H and O–H groups in total. The average Bonchev–Trinajstić information content (AvgIpc) is 2.30. The highest BCUT2D eigenvalue weighted by atomic mass is 16.5. The van der Waals surface area contributed by atoms with E-state index in [0.29, 0.717) is 0 Å². The molecule has 0 saturated carbocycles. The van der Waals surface area contributed by atoms with Gasteiger partial charge in [-0.25, -0.2) is 0 Å². The molecule has 1 rings (SSSR count). The average molecular weight is 215 g/mol. The number of morpholine rings is 1. The van der Waals surface area contributed by atoms with Crippen LogP contribution >= 0.6 is 0 Å². The minimum atomic E-state index is -0.106. The molecule has 1 fully saturated rings. The number of carbonyl (C=O) groups is 1. The van der Waals surface area contributed by atoms with Crippen LogP contribution in [0.25, 0.3) is 0 Å². The molecule has 0 aromatic carbocycles. The van der Waals surface area contributed by atoms with E-state index in [2.05, 4.69) is 11.8 Å². The molecule has 88 valence electrons. The van der Waals surface area contributed by atoms with Gasteiger partial charge in [0.15, 0.2) is 0 Å². The van der Waals surface area contributed by atoms with Crippen LogP contribution in [0.3, 0.4) is 0 Å². The number of ether oxygens (including phenoxy) is 2. The summed E-state index contributed by atoms with van der Waals surface area (Å²) in [5.41, 5.74) is 0. The fourth-order valence-corrected chi connectivity index (χ4v) is 1.87. The second-order valence-corrected chi connectivity index (χ2v) is 3.83. The molecule has 0 bridgehead atoms. The Morgan fingerprint density at radius 2 is 2.13 bits per heavy atom. The number of esters is 1. The Hall–Kier alpha value is -0.610. The number of carbonyl (C=O) groups excluding carboxylic acids is 1. The molecule has 0 spiro atoms. The summed E-state index contributed by atoms with van der Waals surface area (Å²) in [6.45, 7) is 5.25. The first kappa shape index (κ1) is 12.5. The summed E-state index contributed by atoms with van der Waals surface area (Å²) < 4.78 is 10.1. The monoisotopic (exact) mass is 215 g/mol. The molecule has 1 atom stereocenters. The lowest BCUT2D eigenvalue weighted by Gasteiger charge is -2.32. The highest BCUT2D eigenvalue weighted by molar-refractivity contribution is 5.75. The van der Waals surface area contributed by atoms with Crippen molar-refractivity contribution in [1.82, 2.24) is 4.90 Å². The predicted octanol–water partition coefficient (Wildman–Crippen LogP) is 1.05. The van der Waals surface area contributed by atoms with E-state index in [1.807, 2.05) is 0 Å². The van der Waals surface area contributed by atoms with Crippen molar-refractivity contribution in [3.05, 3.63) is 0 Å². The van der Waals surface area contributed by atoms with E-state index in [9.17, 15) is 4.79 Å². The zero-order valence-electron chi connectivity index (χ0n) is 9.70. The van der Waals surface area contributed by atoms with Gasteiger partial charge in [-0.3, -0.25) is 9.69 Å². The molecular formula is C11H21NO3. The zero-order chi connectivity index (χ0) is 11.1. The molecule has 1 aliphatic heterocycles. The fourth-order valence-electron chi connectivity index (χ4n) is 1.87. The van der Waals surface area contributed by atoms with E-state index in [1.165, 1.54) is 7.11 Å². The fraction of sp³-hybridized carbons (Fsp3) is 0.909. The van der Waals surface area contributed by atoms with Crippen LogP contribution in [0, 0.1) is 0 Å². The van der Waals surface area contributed by atoms with Crippen molar-refractivity contribution >= 4 is 5.97 Å². The number of methoxy groups -OCH3 is 1. The van der Waals surface area contributed by atoms with Crippen molar-refractivity contribution in [2.24, 2.45) is 0 Å². The Labute approximate surface area is 91.5 Å². The van der Waals surface area contributed by atoms with Gasteiger partial charge < -0.3 is 9.47 Å². The van der Waals surface area contributed by atoms with Crippen molar-refractivity contribution < 1.29 is 14.3 Å². The molecule has 15 heavy (non-hydrogen) atoms. The highest BCUT2D eigenvalue weighted by Crippen LogP contribution is 2.12. The van der Waals surface area contributed by atoms with Gasteiger partial charge in [-0.2, -0.15) is 0 Å². The lowest BCUT2D eigenvalue weighted by molar-refractivity contribution is -0.149. The van der Waals surface area contributed by atoms with Crippen LogP contribution < -0.4 is 0 Å². The minimum Gasteiger partial charge on any atom is -0.468 e. The summed E-state index contributed by atoms with van der Waals surface area (Å²) in [6.07, 6.45) is 3.07. The smallest absolute Gasteiger partial charge is 0.323 e. The van der Waals surface area contributed by atoms with Gasteiger partial charge in [0, 0.05) is 13.1 Å². The van der Waals surface area contributed by atoms with Gasteiger partial charge in [-0.1, -0.05) is 19.8 Å². The van der Waals surface area contributed by atoms with Crippen LogP contribution in [0.2, 0.25) is 0 Å². The maximum atomic E-state index is 11.6. The van der Waals surface area contributed by atoms with Gasteiger partial charge in [0.25, 0.3) is 0 Å². The van der Waals surface area contributed by atoms with Crippen LogP contribution in [0.5, 0.6) is 0 Å². The second kappa shape index (κ2) is 6.80. The lowest BCUT2D eigenvalue weighted by atomic mass is 10.1. The van der Waals surface area contributed by atoms with Crippen molar-refractivity contribution in [1.29, 1.82) is 0 Å². The maximum Gasteiger partial charge on any atom is 0.323 e. The SMILES string of the molecule is CCCCC(C(=O)OC)N1CCOCC1. The Balaban J connectivity index is 2.49. The first-order valence-corrected chi connectivity index (χ1v) is 5.69. The molecule has 4 heteroatoms. The number of hydrogen-bond acceptors (Lipinski definition) is 4. The van der Waals surface area contributed by atoms with E-state index < -0.39 is 0 Å². The van der Waals surface area contributed by atoms with Gasteiger partial charge in [-0.05, 0) is 6.42 Å². The van der Waals surface area contributed by atoms with Gasteiger partial charge in [0.05, 0.1) is 20.3 Å². The van der Waals surface area contributed by atoms with Crippen molar-refractivity contribution in [2.75, 3.05) is 33.4 Å². The van der Waals surface area contributed by atoms with Crippen LogP contribution in [0.1, 0.15) is 26.2 Å². The van der Waals surface area contributed by atoms with E-state index >= 15 is 0 Å². The van der Waals surface area contributed by atoms with Crippen LogP contribution in [0.15, 0.2) is 0 Å². The Kier molecular flexibility index (Phi) is 5.65. The standard InChI is InChI=1S/C11H21NO3/c1-3-4-5-10(11(13)14-2)12-6-8-15-9-7-12/h10H,3-9H2,1-2H3.